The van der Waals surface area contributed by atoms with E-state index in [9.17, 15) is 0 Å². The van der Waals surface area contributed by atoms with E-state index in [4.69, 9.17) is 14.7 Å². The predicted octanol–water partition coefficient (Wildman–Crippen LogP) is 7.65. The Hall–Kier alpha value is -2.39. The van der Waals surface area contributed by atoms with Crippen LogP contribution in [0.5, 0.6) is 0 Å². The fourth-order valence-corrected chi connectivity index (χ4v) is 9.02. The van der Waals surface area contributed by atoms with Crippen LogP contribution < -0.4 is 4.90 Å². The van der Waals surface area contributed by atoms with Gasteiger partial charge in [-0.2, -0.15) is 0 Å². The summed E-state index contributed by atoms with van der Waals surface area (Å²) < 4.78 is 21.1. The van der Waals surface area contributed by atoms with Crippen molar-refractivity contribution in [3.8, 4) is 22.7 Å². The summed E-state index contributed by atoms with van der Waals surface area (Å²) >= 11 is 3.97. The maximum Gasteiger partial charge on any atom is 0.205 e. The van der Waals surface area contributed by atoms with Crippen molar-refractivity contribution in [2.24, 2.45) is 0 Å². The van der Waals surface area contributed by atoms with Gasteiger partial charge in [0.1, 0.15) is 18.9 Å². The smallest absolute Gasteiger partial charge is 0.205 e. The lowest BCUT2D eigenvalue weighted by atomic mass is 10.0. The molecule has 1 fully saturated rings. The molecule has 3 heterocycles. The van der Waals surface area contributed by atoms with Gasteiger partial charge in [-0.3, -0.25) is 0 Å². The van der Waals surface area contributed by atoms with Gasteiger partial charge in [-0.25, -0.2) is 19.3 Å². The number of rotatable bonds is 7. The summed E-state index contributed by atoms with van der Waals surface area (Å²) in [6.07, 6.45) is 1.80. The van der Waals surface area contributed by atoms with E-state index in [-0.39, 0.29) is 9.74 Å². The van der Waals surface area contributed by atoms with E-state index < -0.39 is 8.07 Å². The minimum Gasteiger partial charge on any atom is -0.378 e. The normalized spacial score (nSPS) is 14.7. The van der Waals surface area contributed by atoms with E-state index in [1.807, 2.05) is 23.6 Å². The number of alkyl halides is 1. The van der Waals surface area contributed by atoms with Crippen LogP contribution in [0.4, 0.5) is 10.1 Å². The standard InChI is InChI=1S/C30H32FIN4OSSi/c1-4-39(5-2,6-3)18-11-27-34-26-20-22(36-13-15-37-16-14-36)8-9-23(26)29(35-27)24-19-21(7-10-25(24)31)28(32)30-33-12-17-38-30/h7-10,12,17,19-20,28H,4-6,13-16H2,1-3H3/t28-/m0/s1. The summed E-state index contributed by atoms with van der Waals surface area (Å²) in [5.41, 5.74) is 7.51. The lowest BCUT2D eigenvalue weighted by molar-refractivity contribution is 0.122. The van der Waals surface area contributed by atoms with Crippen molar-refractivity contribution in [3.63, 3.8) is 0 Å². The van der Waals surface area contributed by atoms with Crippen LogP contribution in [0.1, 0.15) is 41.1 Å². The number of thiazole rings is 1. The van der Waals surface area contributed by atoms with Crippen LogP contribution >= 0.6 is 33.9 Å². The number of hydrogen-bond acceptors (Lipinski definition) is 6. The molecule has 0 saturated carbocycles. The van der Waals surface area contributed by atoms with Crippen molar-refractivity contribution >= 4 is 58.6 Å². The number of fused-ring (bicyclic) bond motifs is 1. The average Bonchev–Trinajstić information content (AvgIpc) is 3.53. The number of ether oxygens (including phenoxy) is 1. The van der Waals surface area contributed by atoms with Crippen LogP contribution in [-0.2, 0) is 4.74 Å². The monoisotopic (exact) mass is 670 g/mol. The number of nitrogens with zero attached hydrogens (tertiary/aromatic N) is 4. The number of halogens is 2. The molecule has 1 saturated heterocycles. The van der Waals surface area contributed by atoms with E-state index in [0.717, 1.165) is 58.4 Å². The molecule has 2 aromatic heterocycles. The molecule has 0 N–H and O–H groups in total. The molecule has 1 aliphatic heterocycles. The van der Waals surface area contributed by atoms with Crippen molar-refractivity contribution in [1.82, 2.24) is 15.0 Å². The van der Waals surface area contributed by atoms with Gasteiger partial charge in [0.05, 0.1) is 28.3 Å². The summed E-state index contributed by atoms with van der Waals surface area (Å²) in [6.45, 7) is 9.78. The van der Waals surface area contributed by atoms with Crippen molar-refractivity contribution in [2.75, 3.05) is 31.2 Å². The Balaban J connectivity index is 1.67. The molecular weight excluding hydrogens is 638 g/mol. The highest BCUT2D eigenvalue weighted by Crippen LogP contribution is 2.37. The Morgan fingerprint density at radius 2 is 1.85 bits per heavy atom. The second-order valence-corrected chi connectivity index (χ2v) is 16.9. The number of morpholine rings is 1. The lowest BCUT2D eigenvalue weighted by Crippen LogP contribution is -2.36. The van der Waals surface area contributed by atoms with E-state index in [2.05, 4.69) is 76.8 Å². The highest BCUT2D eigenvalue weighted by Gasteiger charge is 2.25. The first kappa shape index (κ1) is 28.1. The maximum absolute atomic E-state index is 15.5. The highest BCUT2D eigenvalue weighted by molar-refractivity contribution is 14.1. The zero-order valence-electron chi connectivity index (χ0n) is 22.5. The fourth-order valence-electron chi connectivity index (χ4n) is 4.99. The summed E-state index contributed by atoms with van der Waals surface area (Å²) in [7, 11) is -1.71. The molecule has 0 aliphatic carbocycles. The summed E-state index contributed by atoms with van der Waals surface area (Å²) in [6, 6.07) is 14.7. The van der Waals surface area contributed by atoms with Crippen molar-refractivity contribution in [2.45, 2.75) is 42.8 Å². The van der Waals surface area contributed by atoms with Gasteiger partial charge in [-0.05, 0) is 59.9 Å². The van der Waals surface area contributed by atoms with Gasteiger partial charge in [0.2, 0.25) is 5.82 Å². The summed E-state index contributed by atoms with van der Waals surface area (Å²) in [4.78, 5) is 16.6. The minimum atomic E-state index is -1.71. The van der Waals surface area contributed by atoms with Crippen molar-refractivity contribution in [3.05, 3.63) is 70.2 Å². The first-order chi connectivity index (χ1) is 19.0. The number of benzene rings is 2. The van der Waals surface area contributed by atoms with Crippen LogP contribution in [0.15, 0.2) is 48.0 Å². The van der Waals surface area contributed by atoms with E-state index in [1.54, 1.807) is 17.5 Å². The molecule has 1 aliphatic rings. The molecule has 5 rings (SSSR count). The van der Waals surface area contributed by atoms with Crippen molar-refractivity contribution < 1.29 is 9.13 Å². The Labute approximate surface area is 248 Å². The Kier molecular flexibility index (Phi) is 8.96. The van der Waals surface area contributed by atoms with Crippen LogP contribution in [0.25, 0.3) is 22.2 Å². The largest absolute Gasteiger partial charge is 0.378 e. The van der Waals surface area contributed by atoms with E-state index >= 15 is 4.39 Å². The zero-order chi connectivity index (χ0) is 27.4. The van der Waals surface area contributed by atoms with Gasteiger partial charge in [-0.1, -0.05) is 49.4 Å². The second kappa shape index (κ2) is 12.4. The SMILES string of the molecule is CC[Si](C#Cc1nc(-c2cc([C@H](I)c3nccs3)ccc2F)c2ccc(N3CCOCC3)cc2n1)(CC)CC. The molecule has 202 valence electrons. The molecule has 9 heteroatoms. The fraction of sp³-hybridized carbons (Fsp3) is 0.367. The summed E-state index contributed by atoms with van der Waals surface area (Å²) in [5, 5.41) is 3.77. The van der Waals surface area contributed by atoms with Crippen molar-refractivity contribution in [1.29, 1.82) is 0 Å². The lowest BCUT2D eigenvalue weighted by Gasteiger charge is -2.29. The van der Waals surface area contributed by atoms with Gasteiger partial charge in [0.15, 0.2) is 0 Å². The Morgan fingerprint density at radius 3 is 2.54 bits per heavy atom. The van der Waals surface area contributed by atoms with Crippen LogP contribution in [-0.4, -0.2) is 49.3 Å². The number of aromatic nitrogens is 3. The first-order valence-electron chi connectivity index (χ1n) is 13.5. The van der Waals surface area contributed by atoms with Gasteiger partial charge in [0.25, 0.3) is 0 Å². The third kappa shape index (κ3) is 6.04. The topological polar surface area (TPSA) is 51.1 Å². The average molecular weight is 671 g/mol. The summed E-state index contributed by atoms with van der Waals surface area (Å²) in [5.74, 6) is 3.49. The molecule has 5 nitrogen and oxygen atoms in total. The predicted molar refractivity (Wildman–Crippen MR) is 170 cm³/mol. The first-order valence-corrected chi connectivity index (χ1v) is 18.2. The zero-order valence-corrected chi connectivity index (χ0v) is 26.5. The molecule has 0 radical (unpaired) electrons. The van der Waals surface area contributed by atoms with Crippen LogP contribution in [0.2, 0.25) is 18.1 Å². The Bertz CT molecular complexity index is 1500. The molecular formula is C30H32FIN4OSSi. The number of anilines is 1. The van der Waals surface area contributed by atoms with Crippen LogP contribution in [0.3, 0.4) is 0 Å². The number of hydrogen-bond donors (Lipinski definition) is 0. The molecule has 1 atom stereocenters. The molecule has 0 bridgehead atoms. The van der Waals surface area contributed by atoms with Gasteiger partial charge >= 0.3 is 0 Å². The van der Waals surface area contributed by atoms with Crippen LogP contribution in [0, 0.1) is 17.3 Å². The third-order valence-electron chi connectivity index (χ3n) is 7.73. The quantitative estimate of drug-likeness (QED) is 0.0876. The maximum atomic E-state index is 15.5. The second-order valence-electron chi connectivity index (χ2n) is 9.76. The van der Waals surface area contributed by atoms with E-state index in [0.29, 0.717) is 30.3 Å². The van der Waals surface area contributed by atoms with Gasteiger partial charge < -0.3 is 9.64 Å². The molecule has 2 aromatic carbocycles. The molecule has 0 spiro atoms. The highest BCUT2D eigenvalue weighted by atomic mass is 127. The minimum absolute atomic E-state index is 0.0208. The Morgan fingerprint density at radius 1 is 1.08 bits per heavy atom. The third-order valence-corrected chi connectivity index (χ3v) is 15.0. The van der Waals surface area contributed by atoms with E-state index in [1.165, 1.54) is 6.07 Å². The van der Waals surface area contributed by atoms with Gasteiger partial charge in [0, 0.05) is 41.3 Å². The molecule has 0 unspecified atom stereocenters. The molecule has 0 amide bonds. The molecule has 39 heavy (non-hydrogen) atoms. The van der Waals surface area contributed by atoms with Gasteiger partial charge in [-0.15, -0.1) is 16.9 Å². The molecule has 4 aromatic rings.